The van der Waals surface area contributed by atoms with Crippen LogP contribution in [0.1, 0.15) is 48.2 Å². The number of carbonyl (C=O) groups excluding carboxylic acids is 2. The molecule has 5 heteroatoms. The van der Waals surface area contributed by atoms with Crippen molar-refractivity contribution in [2.24, 2.45) is 0 Å². The summed E-state index contributed by atoms with van der Waals surface area (Å²) in [5.41, 5.74) is 1.96. The van der Waals surface area contributed by atoms with Crippen molar-refractivity contribution in [2.75, 3.05) is 6.54 Å². The molecule has 1 aliphatic rings. The number of aliphatic hydroxyl groups is 1. The predicted molar refractivity (Wildman–Crippen MR) is 109 cm³/mol. The van der Waals surface area contributed by atoms with Crippen LogP contribution in [0.2, 0.25) is 0 Å². The van der Waals surface area contributed by atoms with Crippen LogP contribution in [-0.2, 0) is 17.8 Å². The van der Waals surface area contributed by atoms with E-state index < -0.39 is 5.60 Å². The average molecular weight is 380 g/mol. The Bertz CT molecular complexity index is 827. The molecule has 2 aromatic carbocycles. The summed E-state index contributed by atoms with van der Waals surface area (Å²) in [7, 11) is 0. The van der Waals surface area contributed by atoms with Gasteiger partial charge in [-0.1, -0.05) is 42.5 Å². The van der Waals surface area contributed by atoms with Crippen LogP contribution in [0, 0.1) is 0 Å². The third-order valence-corrected chi connectivity index (χ3v) is 4.98. The molecule has 1 aliphatic heterocycles. The number of carbonyl (C=O) groups is 2. The molecule has 1 saturated heterocycles. The maximum atomic E-state index is 12.6. The second-order valence-electron chi connectivity index (χ2n) is 8.15. The second kappa shape index (κ2) is 8.57. The van der Waals surface area contributed by atoms with Crippen molar-refractivity contribution in [3.8, 4) is 0 Å². The van der Waals surface area contributed by atoms with Crippen LogP contribution in [0.15, 0.2) is 54.6 Å². The molecule has 1 heterocycles. The molecule has 1 atom stereocenters. The number of hydrogen-bond acceptors (Lipinski definition) is 3. The zero-order chi connectivity index (χ0) is 20.1. The molecule has 0 bridgehead atoms. The fourth-order valence-electron chi connectivity index (χ4n) is 3.41. The number of aryl methyl sites for hydroxylation is 1. The summed E-state index contributed by atoms with van der Waals surface area (Å²) in [4.78, 5) is 26.7. The highest BCUT2D eigenvalue weighted by molar-refractivity contribution is 5.95. The minimum Gasteiger partial charge on any atom is -0.390 e. The van der Waals surface area contributed by atoms with Crippen LogP contribution in [0.25, 0.3) is 0 Å². The molecular weight excluding hydrogens is 352 g/mol. The van der Waals surface area contributed by atoms with E-state index in [1.807, 2.05) is 48.5 Å². The number of nitrogens with zero attached hydrogens (tertiary/aromatic N) is 1. The first-order chi connectivity index (χ1) is 13.3. The highest BCUT2D eigenvalue weighted by atomic mass is 16.3. The smallest absolute Gasteiger partial charge is 0.251 e. The van der Waals surface area contributed by atoms with Crippen LogP contribution in [0.4, 0.5) is 0 Å². The van der Waals surface area contributed by atoms with Gasteiger partial charge in [0.05, 0.1) is 11.6 Å². The van der Waals surface area contributed by atoms with Crippen LogP contribution >= 0.6 is 0 Å². The summed E-state index contributed by atoms with van der Waals surface area (Å²) in [6, 6.07) is 17.1. The van der Waals surface area contributed by atoms with E-state index in [0.29, 0.717) is 37.9 Å². The van der Waals surface area contributed by atoms with E-state index in [2.05, 4.69) is 5.32 Å². The largest absolute Gasteiger partial charge is 0.390 e. The molecule has 148 valence electrons. The summed E-state index contributed by atoms with van der Waals surface area (Å²) < 4.78 is 0. The lowest BCUT2D eigenvalue weighted by atomic mass is 9.98. The normalized spacial score (nSPS) is 17.0. The van der Waals surface area contributed by atoms with Gasteiger partial charge in [-0.15, -0.1) is 0 Å². The average Bonchev–Trinajstić information content (AvgIpc) is 2.99. The van der Waals surface area contributed by atoms with Gasteiger partial charge in [0.2, 0.25) is 5.91 Å². The molecule has 0 radical (unpaired) electrons. The van der Waals surface area contributed by atoms with Gasteiger partial charge < -0.3 is 15.3 Å². The van der Waals surface area contributed by atoms with E-state index in [1.165, 1.54) is 0 Å². The maximum absolute atomic E-state index is 12.6. The molecule has 1 fully saturated rings. The topological polar surface area (TPSA) is 69.6 Å². The van der Waals surface area contributed by atoms with E-state index in [1.54, 1.807) is 24.8 Å². The van der Waals surface area contributed by atoms with E-state index in [0.717, 1.165) is 11.1 Å². The Labute approximate surface area is 166 Å². The third-order valence-electron chi connectivity index (χ3n) is 4.98. The van der Waals surface area contributed by atoms with Crippen molar-refractivity contribution in [1.29, 1.82) is 0 Å². The molecule has 2 N–H and O–H groups in total. The van der Waals surface area contributed by atoms with Crippen LogP contribution in [0.3, 0.4) is 0 Å². The lowest BCUT2D eigenvalue weighted by Crippen LogP contribution is -2.37. The standard InChI is InChI=1S/C23H28N2O3/c1-23(2,28)12-11-17-9-6-10-19(13-17)22(27)24-20-14-21(26)25(16-20)15-18-7-4-3-5-8-18/h3-10,13,20,28H,11-12,14-16H2,1-2H3,(H,24,27)/t20-/m0/s1. The number of nitrogens with one attached hydrogen (secondary N) is 1. The van der Waals surface area contributed by atoms with Gasteiger partial charge in [0, 0.05) is 25.1 Å². The second-order valence-corrected chi connectivity index (χ2v) is 8.15. The van der Waals surface area contributed by atoms with Crippen LogP contribution in [0.5, 0.6) is 0 Å². The summed E-state index contributed by atoms with van der Waals surface area (Å²) in [6.45, 7) is 4.65. The molecule has 0 spiro atoms. The molecule has 0 saturated carbocycles. The van der Waals surface area contributed by atoms with Gasteiger partial charge in [-0.25, -0.2) is 0 Å². The molecule has 5 nitrogen and oxygen atoms in total. The molecule has 28 heavy (non-hydrogen) atoms. The van der Waals surface area contributed by atoms with Crippen LogP contribution in [-0.4, -0.2) is 40.0 Å². The van der Waals surface area contributed by atoms with Crippen molar-refractivity contribution in [3.63, 3.8) is 0 Å². The first-order valence-corrected chi connectivity index (χ1v) is 9.74. The fraction of sp³-hybridized carbons (Fsp3) is 0.391. The van der Waals surface area contributed by atoms with Gasteiger partial charge in [0.15, 0.2) is 0 Å². The summed E-state index contributed by atoms with van der Waals surface area (Å²) in [5, 5.41) is 12.9. The Morgan fingerprint density at radius 1 is 1.14 bits per heavy atom. The van der Waals surface area contributed by atoms with Gasteiger partial charge in [-0.3, -0.25) is 9.59 Å². The summed E-state index contributed by atoms with van der Waals surface area (Å²) >= 11 is 0. The zero-order valence-corrected chi connectivity index (χ0v) is 16.5. The van der Waals surface area contributed by atoms with Crippen molar-refractivity contribution in [1.82, 2.24) is 10.2 Å². The van der Waals surface area contributed by atoms with Gasteiger partial charge in [-0.2, -0.15) is 0 Å². The Hall–Kier alpha value is -2.66. The van der Waals surface area contributed by atoms with Gasteiger partial charge >= 0.3 is 0 Å². The zero-order valence-electron chi connectivity index (χ0n) is 16.5. The number of benzene rings is 2. The summed E-state index contributed by atoms with van der Waals surface area (Å²) in [5.74, 6) is -0.0995. The Balaban J connectivity index is 1.57. The lowest BCUT2D eigenvalue weighted by Gasteiger charge is -2.18. The molecule has 0 unspecified atom stereocenters. The molecule has 0 aromatic heterocycles. The molecule has 2 amide bonds. The fourth-order valence-corrected chi connectivity index (χ4v) is 3.41. The highest BCUT2D eigenvalue weighted by Gasteiger charge is 2.30. The Morgan fingerprint density at radius 3 is 2.57 bits per heavy atom. The monoisotopic (exact) mass is 380 g/mol. The number of rotatable bonds is 7. The van der Waals surface area contributed by atoms with Crippen molar-refractivity contribution in [2.45, 2.75) is 51.3 Å². The highest BCUT2D eigenvalue weighted by Crippen LogP contribution is 2.17. The van der Waals surface area contributed by atoms with Crippen molar-refractivity contribution >= 4 is 11.8 Å². The number of amides is 2. The first-order valence-electron chi connectivity index (χ1n) is 9.74. The van der Waals surface area contributed by atoms with Crippen LogP contribution < -0.4 is 5.32 Å². The lowest BCUT2D eigenvalue weighted by molar-refractivity contribution is -0.128. The predicted octanol–water partition coefficient (Wildman–Crippen LogP) is 2.92. The van der Waals surface area contributed by atoms with E-state index in [4.69, 9.17) is 0 Å². The van der Waals surface area contributed by atoms with Gasteiger partial charge in [-0.05, 0) is 49.9 Å². The minimum absolute atomic E-state index is 0.0630. The van der Waals surface area contributed by atoms with E-state index >= 15 is 0 Å². The molecule has 3 rings (SSSR count). The maximum Gasteiger partial charge on any atom is 0.251 e. The Morgan fingerprint density at radius 2 is 1.86 bits per heavy atom. The summed E-state index contributed by atoms with van der Waals surface area (Å²) in [6.07, 6.45) is 1.66. The molecular formula is C23H28N2O3. The van der Waals surface area contributed by atoms with Gasteiger partial charge in [0.1, 0.15) is 0 Å². The van der Waals surface area contributed by atoms with Gasteiger partial charge in [0.25, 0.3) is 5.91 Å². The quantitative estimate of drug-likeness (QED) is 0.776. The Kier molecular flexibility index (Phi) is 6.15. The SMILES string of the molecule is CC(C)(O)CCc1cccc(C(=O)N[C@H]2CC(=O)N(Cc3ccccc3)C2)c1. The first kappa shape index (κ1) is 20.1. The third kappa shape index (κ3) is 5.67. The molecule has 2 aromatic rings. The van der Waals surface area contributed by atoms with E-state index in [-0.39, 0.29) is 17.9 Å². The van der Waals surface area contributed by atoms with E-state index in [9.17, 15) is 14.7 Å². The minimum atomic E-state index is -0.731. The molecule has 0 aliphatic carbocycles. The number of likely N-dealkylation sites (tertiary alicyclic amines) is 1. The van der Waals surface area contributed by atoms with Crippen molar-refractivity contribution < 1.29 is 14.7 Å². The van der Waals surface area contributed by atoms with Crippen molar-refractivity contribution in [3.05, 3.63) is 71.3 Å². The number of hydrogen-bond donors (Lipinski definition) is 2.